The molecule has 2 aliphatic heterocycles. The number of morpholine rings is 1. The Balaban J connectivity index is 0.834. The fourth-order valence-corrected chi connectivity index (χ4v) is 10.2. The average molecular weight is 993 g/mol. The highest BCUT2D eigenvalue weighted by atomic mass is 19.1. The van der Waals surface area contributed by atoms with Crippen molar-refractivity contribution in [3.05, 3.63) is 109 Å². The van der Waals surface area contributed by atoms with Crippen LogP contribution in [0.3, 0.4) is 0 Å². The molecule has 73 heavy (non-hydrogen) atoms. The summed E-state index contributed by atoms with van der Waals surface area (Å²) in [6.45, 7) is 11.9. The number of fused-ring (bicyclic) bond motifs is 4. The van der Waals surface area contributed by atoms with Gasteiger partial charge in [-0.15, -0.1) is 0 Å². The molecule has 8 aromatic rings. The van der Waals surface area contributed by atoms with Gasteiger partial charge in [0.15, 0.2) is 11.6 Å². The third-order valence-corrected chi connectivity index (χ3v) is 14.0. The maximum atomic E-state index is 15.9. The van der Waals surface area contributed by atoms with Crippen molar-refractivity contribution in [1.29, 1.82) is 0 Å². The summed E-state index contributed by atoms with van der Waals surface area (Å²) in [6, 6.07) is 21.8. The minimum atomic E-state index is -0.975. The number of pyridine rings is 2. The largest absolute Gasteiger partial charge is 0.488 e. The van der Waals surface area contributed by atoms with E-state index in [-0.39, 0.29) is 29.5 Å². The summed E-state index contributed by atoms with van der Waals surface area (Å²) in [7, 11) is 6.04. The molecule has 2 fully saturated rings. The molecule has 2 aliphatic rings. The third-order valence-electron chi connectivity index (χ3n) is 14.0. The number of aliphatic hydroxyl groups is 1. The topological polar surface area (TPSA) is 162 Å². The molecule has 10 rings (SSSR count). The van der Waals surface area contributed by atoms with Gasteiger partial charge in [-0.1, -0.05) is 0 Å². The number of hydrogen-bond acceptors (Lipinski definition) is 16. The number of nitrogens with zero attached hydrogens (tertiary/aromatic N) is 10. The number of halogens is 2. The molecule has 4 aromatic carbocycles. The van der Waals surface area contributed by atoms with E-state index in [0.29, 0.717) is 113 Å². The Morgan fingerprint density at radius 3 is 1.78 bits per heavy atom. The fraction of sp³-hybridized carbons (Fsp3) is 0.382. The minimum Gasteiger partial charge on any atom is -0.488 e. The molecule has 0 radical (unpaired) electrons. The molecular formula is C55H62F2N12O4. The van der Waals surface area contributed by atoms with E-state index >= 15 is 8.78 Å². The van der Waals surface area contributed by atoms with Crippen molar-refractivity contribution in [2.45, 2.75) is 51.4 Å². The van der Waals surface area contributed by atoms with Gasteiger partial charge in [-0.25, -0.2) is 28.7 Å². The van der Waals surface area contributed by atoms with Crippen LogP contribution in [0.5, 0.6) is 11.5 Å². The third kappa shape index (κ3) is 10.8. The van der Waals surface area contributed by atoms with Gasteiger partial charge in [0, 0.05) is 98.4 Å². The summed E-state index contributed by atoms with van der Waals surface area (Å²) in [5.74, 6) is 1.15. The molecule has 4 atom stereocenters. The molecule has 18 heteroatoms. The molecule has 3 N–H and O–H groups in total. The highest BCUT2D eigenvalue weighted by Crippen LogP contribution is 2.41. The summed E-state index contributed by atoms with van der Waals surface area (Å²) in [6.07, 6.45) is 7.10. The van der Waals surface area contributed by atoms with Gasteiger partial charge >= 0.3 is 0 Å². The average Bonchev–Trinajstić information content (AvgIpc) is 3.90. The molecule has 4 aromatic heterocycles. The maximum Gasteiger partial charge on any atom is 0.156 e. The summed E-state index contributed by atoms with van der Waals surface area (Å²) in [5.41, 5.74) is 3.86. The first-order valence-electron chi connectivity index (χ1n) is 24.9. The quantitative estimate of drug-likeness (QED) is 0.0746. The smallest absolute Gasteiger partial charge is 0.156 e. The summed E-state index contributed by atoms with van der Waals surface area (Å²) in [5, 5.41) is 20.7. The van der Waals surface area contributed by atoms with Crippen molar-refractivity contribution in [3.8, 4) is 11.5 Å². The second kappa shape index (κ2) is 21.2. The van der Waals surface area contributed by atoms with Crippen LogP contribution in [0.4, 0.5) is 43.2 Å². The van der Waals surface area contributed by atoms with Crippen LogP contribution in [0.15, 0.2) is 97.8 Å². The zero-order valence-corrected chi connectivity index (χ0v) is 42.1. The zero-order chi connectivity index (χ0) is 50.8. The molecule has 2 saturated heterocycles. The van der Waals surface area contributed by atoms with Crippen molar-refractivity contribution in [1.82, 2.24) is 39.7 Å². The number of rotatable bonds is 18. The SMILES string of the molecule is C[C@H](CN(C)C)Oc1cc(N2CC[C@@H](C(C)(O)CCN(C)C[C@@H](C)Oc3cc(N4CCOCC4)cc4ncnc(Nc5ccc6ncccc6c5F)c34)C2)cc2ncnc(Nc3ccc4ncccc4c3F)c12. The molecule has 0 spiro atoms. The monoisotopic (exact) mass is 992 g/mol. The van der Waals surface area contributed by atoms with Crippen LogP contribution in [0.25, 0.3) is 43.6 Å². The van der Waals surface area contributed by atoms with E-state index in [9.17, 15) is 5.11 Å². The Morgan fingerprint density at radius 1 is 0.699 bits per heavy atom. The van der Waals surface area contributed by atoms with Crippen LogP contribution in [-0.4, -0.2) is 143 Å². The van der Waals surface area contributed by atoms with Crippen molar-refractivity contribution >= 4 is 78.0 Å². The van der Waals surface area contributed by atoms with Crippen LogP contribution in [-0.2, 0) is 4.74 Å². The van der Waals surface area contributed by atoms with E-state index in [2.05, 4.69) is 60.1 Å². The molecule has 1 unspecified atom stereocenters. The van der Waals surface area contributed by atoms with Crippen molar-refractivity contribution in [2.24, 2.45) is 5.92 Å². The minimum absolute atomic E-state index is 0.0146. The Hall–Kier alpha value is -7.12. The maximum absolute atomic E-state index is 15.9. The lowest BCUT2D eigenvalue weighted by Crippen LogP contribution is -2.41. The molecule has 0 amide bonds. The van der Waals surface area contributed by atoms with Gasteiger partial charge in [0.2, 0.25) is 0 Å². The lowest BCUT2D eigenvalue weighted by atomic mass is 9.85. The van der Waals surface area contributed by atoms with E-state index in [0.717, 1.165) is 37.4 Å². The van der Waals surface area contributed by atoms with Gasteiger partial charge in [-0.05, 0) is 115 Å². The highest BCUT2D eigenvalue weighted by molar-refractivity contribution is 6.00. The standard InChI is InChI=1S/C55H62F2N12O4/c1-34(29-66(4)5)72-48-28-38(26-46-50(48)54(63-33-61-46)65-44-14-12-42-40(52(44)57)10-8-18-59-42)69-19-15-36(31-69)55(3,70)16-20-67(6)30-35(2)73-47-27-37(68-21-23-71-24-22-68)25-45-49(47)53(62-32-60-45)64-43-13-11-41-39(51(43)56)9-7-17-58-41/h7-14,17-18,25-28,32-36,70H,15-16,19-24,29-31H2,1-6H3,(H,60,62,64)(H,61,63,65)/t34-,35-,36-,55?/m1/s1. The molecule has 16 nitrogen and oxygen atoms in total. The van der Waals surface area contributed by atoms with Crippen LogP contribution in [0, 0.1) is 17.6 Å². The first-order valence-corrected chi connectivity index (χ1v) is 24.9. The molecule has 0 aliphatic carbocycles. The number of aromatic nitrogens is 6. The zero-order valence-electron chi connectivity index (χ0n) is 42.1. The number of ether oxygens (including phenoxy) is 3. The summed E-state index contributed by atoms with van der Waals surface area (Å²) >= 11 is 0. The Morgan fingerprint density at radius 2 is 1.23 bits per heavy atom. The molecular weight excluding hydrogens is 931 g/mol. The fourth-order valence-electron chi connectivity index (χ4n) is 10.2. The normalized spacial score (nSPS) is 16.9. The van der Waals surface area contributed by atoms with Crippen molar-refractivity contribution < 1.29 is 28.1 Å². The Labute approximate surface area is 423 Å². The summed E-state index contributed by atoms with van der Waals surface area (Å²) < 4.78 is 50.8. The second-order valence-electron chi connectivity index (χ2n) is 19.9. The first-order chi connectivity index (χ1) is 35.3. The number of hydrogen-bond donors (Lipinski definition) is 3. The van der Waals surface area contributed by atoms with E-state index in [1.54, 1.807) is 60.9 Å². The number of benzene rings is 4. The van der Waals surface area contributed by atoms with E-state index in [1.165, 1.54) is 12.7 Å². The molecule has 0 saturated carbocycles. The van der Waals surface area contributed by atoms with Gasteiger partial charge in [0.1, 0.15) is 48.0 Å². The summed E-state index contributed by atoms with van der Waals surface area (Å²) in [4.78, 5) is 35.9. The van der Waals surface area contributed by atoms with Gasteiger partial charge in [-0.3, -0.25) is 9.97 Å². The van der Waals surface area contributed by atoms with Crippen LogP contribution >= 0.6 is 0 Å². The van der Waals surface area contributed by atoms with Gasteiger partial charge in [0.25, 0.3) is 0 Å². The van der Waals surface area contributed by atoms with Gasteiger partial charge < -0.3 is 49.6 Å². The van der Waals surface area contributed by atoms with Crippen LogP contribution in [0.2, 0.25) is 0 Å². The highest BCUT2D eigenvalue weighted by Gasteiger charge is 2.38. The Kier molecular flexibility index (Phi) is 14.3. The Bertz CT molecular complexity index is 3270. The molecule has 0 bridgehead atoms. The lowest BCUT2D eigenvalue weighted by Gasteiger charge is -2.33. The first kappa shape index (κ1) is 49.5. The predicted molar refractivity (Wildman–Crippen MR) is 284 cm³/mol. The second-order valence-corrected chi connectivity index (χ2v) is 19.9. The molecule has 6 heterocycles. The number of likely N-dealkylation sites (N-methyl/N-ethyl adjacent to an activating group) is 2. The van der Waals surface area contributed by atoms with Crippen molar-refractivity contribution in [2.75, 3.05) is 101 Å². The number of anilines is 6. The van der Waals surface area contributed by atoms with Gasteiger partial charge in [0.05, 0.1) is 63.0 Å². The van der Waals surface area contributed by atoms with Crippen molar-refractivity contribution in [3.63, 3.8) is 0 Å². The van der Waals surface area contributed by atoms with Crippen LogP contribution < -0.4 is 29.9 Å². The van der Waals surface area contributed by atoms with E-state index in [1.807, 2.05) is 66.2 Å². The predicted octanol–water partition coefficient (Wildman–Crippen LogP) is 8.97. The lowest BCUT2D eigenvalue weighted by molar-refractivity contribution is -0.00862. The molecule has 380 valence electrons. The van der Waals surface area contributed by atoms with Gasteiger partial charge in [-0.2, -0.15) is 0 Å². The van der Waals surface area contributed by atoms with E-state index in [4.69, 9.17) is 14.2 Å². The van der Waals surface area contributed by atoms with Crippen LogP contribution in [0.1, 0.15) is 33.6 Å². The number of nitrogens with one attached hydrogen (secondary N) is 2. The van der Waals surface area contributed by atoms with E-state index < -0.39 is 17.2 Å².